The fourth-order valence-corrected chi connectivity index (χ4v) is 2.73. The molecule has 0 aromatic heterocycles. The monoisotopic (exact) mass is 344 g/mol. The summed E-state index contributed by atoms with van der Waals surface area (Å²) < 4.78 is 10.6. The Bertz CT molecular complexity index is 389. The van der Waals surface area contributed by atoms with Gasteiger partial charge in [-0.1, -0.05) is 39.0 Å². The summed E-state index contributed by atoms with van der Waals surface area (Å²) in [5.41, 5.74) is 0. The van der Waals surface area contributed by atoms with E-state index in [9.17, 15) is 14.7 Å². The molecule has 1 saturated heterocycles. The van der Waals surface area contributed by atoms with E-state index in [1.54, 1.807) is 14.1 Å². The molecule has 7 nitrogen and oxygen atoms in total. The van der Waals surface area contributed by atoms with Crippen LogP contribution in [-0.2, 0) is 9.47 Å². The second kappa shape index (κ2) is 11.1. The number of ether oxygens (including phenoxy) is 2. The normalized spacial score (nSPS) is 20.1. The molecular formula is C17H32N2O5. The largest absolute Gasteiger partial charge is 0.449 e. The number of hydrogen-bond acceptors (Lipinski definition) is 5. The van der Waals surface area contributed by atoms with Gasteiger partial charge in [0.2, 0.25) is 0 Å². The summed E-state index contributed by atoms with van der Waals surface area (Å²) in [5.74, 6) is 0. The molecule has 1 rings (SSSR count). The van der Waals surface area contributed by atoms with Crippen molar-refractivity contribution in [2.75, 3.05) is 33.9 Å². The smallest absolute Gasteiger partial charge is 0.410 e. The van der Waals surface area contributed by atoms with Gasteiger partial charge in [-0.25, -0.2) is 9.59 Å². The zero-order valence-electron chi connectivity index (χ0n) is 15.2. The average molecular weight is 344 g/mol. The first-order valence-electron chi connectivity index (χ1n) is 8.91. The lowest BCUT2D eigenvalue weighted by atomic mass is 10.1. The lowest BCUT2D eigenvalue weighted by Gasteiger charge is -2.22. The van der Waals surface area contributed by atoms with E-state index in [0.29, 0.717) is 13.0 Å². The Labute approximate surface area is 144 Å². The fraction of sp³-hybridized carbons (Fsp3) is 0.882. The predicted octanol–water partition coefficient (Wildman–Crippen LogP) is 2.62. The Morgan fingerprint density at radius 2 is 1.83 bits per heavy atom. The van der Waals surface area contributed by atoms with E-state index < -0.39 is 18.3 Å². The van der Waals surface area contributed by atoms with Gasteiger partial charge in [-0.15, -0.1) is 0 Å². The molecule has 24 heavy (non-hydrogen) atoms. The SMILES string of the molecule is CCCCCCCCOC(=O)N1C[C@H](OC(=O)N(C)C)C[C@H]1CO. The predicted molar refractivity (Wildman–Crippen MR) is 90.9 cm³/mol. The van der Waals surface area contributed by atoms with Crippen LogP contribution in [0.3, 0.4) is 0 Å². The van der Waals surface area contributed by atoms with Gasteiger partial charge in [0.25, 0.3) is 0 Å². The third-order valence-electron chi connectivity index (χ3n) is 4.18. The molecule has 0 unspecified atom stereocenters. The minimum absolute atomic E-state index is 0.165. The maximum Gasteiger partial charge on any atom is 0.410 e. The van der Waals surface area contributed by atoms with Crippen molar-refractivity contribution in [3.63, 3.8) is 0 Å². The molecule has 1 aliphatic heterocycles. The van der Waals surface area contributed by atoms with E-state index in [0.717, 1.165) is 19.3 Å². The summed E-state index contributed by atoms with van der Waals surface area (Å²) in [6.07, 6.45) is 5.90. The van der Waals surface area contributed by atoms with Crippen molar-refractivity contribution < 1.29 is 24.2 Å². The highest BCUT2D eigenvalue weighted by molar-refractivity contribution is 5.69. The molecule has 1 N–H and O–H groups in total. The number of aliphatic hydroxyl groups excluding tert-OH is 1. The number of amides is 2. The number of unbranched alkanes of at least 4 members (excludes halogenated alkanes) is 5. The lowest BCUT2D eigenvalue weighted by Crippen LogP contribution is -2.38. The van der Waals surface area contributed by atoms with Gasteiger partial charge in [-0.05, 0) is 6.42 Å². The van der Waals surface area contributed by atoms with E-state index in [4.69, 9.17) is 9.47 Å². The molecule has 1 fully saturated rings. The lowest BCUT2D eigenvalue weighted by molar-refractivity contribution is 0.0692. The molecule has 2 atom stereocenters. The molecule has 0 saturated carbocycles. The van der Waals surface area contributed by atoms with E-state index in [1.807, 2.05) is 0 Å². The van der Waals surface area contributed by atoms with E-state index >= 15 is 0 Å². The van der Waals surface area contributed by atoms with Crippen molar-refractivity contribution in [2.45, 2.75) is 64.0 Å². The number of likely N-dealkylation sites (tertiary alicyclic amines) is 1. The van der Waals surface area contributed by atoms with Crippen LogP contribution >= 0.6 is 0 Å². The highest BCUT2D eigenvalue weighted by Gasteiger charge is 2.38. The van der Waals surface area contributed by atoms with Crippen molar-refractivity contribution in [2.24, 2.45) is 0 Å². The molecule has 0 aliphatic carbocycles. The number of hydrogen-bond donors (Lipinski definition) is 1. The summed E-state index contributed by atoms with van der Waals surface area (Å²) in [6.45, 7) is 2.67. The molecule has 0 spiro atoms. The molecule has 1 aliphatic rings. The second-order valence-corrected chi connectivity index (χ2v) is 6.51. The fourth-order valence-electron chi connectivity index (χ4n) is 2.73. The summed E-state index contributed by atoms with van der Waals surface area (Å²) >= 11 is 0. The highest BCUT2D eigenvalue weighted by atomic mass is 16.6. The third-order valence-corrected chi connectivity index (χ3v) is 4.18. The summed E-state index contributed by atoms with van der Waals surface area (Å²) in [4.78, 5) is 26.6. The Morgan fingerprint density at radius 3 is 2.46 bits per heavy atom. The molecule has 0 aromatic carbocycles. The minimum atomic E-state index is -0.445. The zero-order valence-corrected chi connectivity index (χ0v) is 15.2. The van der Waals surface area contributed by atoms with Crippen molar-refractivity contribution in [1.82, 2.24) is 9.80 Å². The molecule has 0 radical (unpaired) electrons. The number of carbonyl (C=O) groups excluding carboxylic acids is 2. The van der Waals surface area contributed by atoms with Crippen LogP contribution in [0.25, 0.3) is 0 Å². The van der Waals surface area contributed by atoms with Crippen LogP contribution in [0.5, 0.6) is 0 Å². The maximum atomic E-state index is 12.2. The van der Waals surface area contributed by atoms with Crippen LogP contribution in [-0.4, -0.2) is 73.1 Å². The van der Waals surface area contributed by atoms with Crippen LogP contribution < -0.4 is 0 Å². The Morgan fingerprint density at radius 1 is 1.17 bits per heavy atom. The Balaban J connectivity index is 2.30. The van der Waals surface area contributed by atoms with E-state index in [1.165, 1.54) is 29.1 Å². The molecule has 2 amide bonds. The molecule has 140 valence electrons. The maximum absolute atomic E-state index is 12.2. The summed E-state index contributed by atoms with van der Waals surface area (Å²) in [6, 6.07) is -0.359. The highest BCUT2D eigenvalue weighted by Crippen LogP contribution is 2.21. The summed E-state index contributed by atoms with van der Waals surface area (Å²) in [5, 5.41) is 9.44. The second-order valence-electron chi connectivity index (χ2n) is 6.51. The third kappa shape index (κ3) is 6.95. The number of rotatable bonds is 9. The van der Waals surface area contributed by atoms with Crippen LogP contribution in [0.2, 0.25) is 0 Å². The van der Waals surface area contributed by atoms with Crippen LogP contribution in [0.4, 0.5) is 9.59 Å². The van der Waals surface area contributed by atoms with Crippen molar-refractivity contribution in [3.05, 3.63) is 0 Å². The van der Waals surface area contributed by atoms with Crippen molar-refractivity contribution in [1.29, 1.82) is 0 Å². The standard InChI is InChI=1S/C17H32N2O5/c1-4-5-6-7-8-9-10-23-17(22)19-12-15(11-14(19)13-20)24-16(21)18(2)3/h14-15,20H,4-13H2,1-3H3/t14-,15+/m0/s1. The van der Waals surface area contributed by atoms with Crippen LogP contribution in [0, 0.1) is 0 Å². The number of aliphatic hydroxyl groups is 1. The van der Waals surface area contributed by atoms with Crippen molar-refractivity contribution >= 4 is 12.2 Å². The van der Waals surface area contributed by atoms with Gasteiger partial charge >= 0.3 is 12.2 Å². The first-order chi connectivity index (χ1) is 11.5. The van der Waals surface area contributed by atoms with Gasteiger partial charge < -0.3 is 19.5 Å². The van der Waals surface area contributed by atoms with Gasteiger partial charge in [-0.2, -0.15) is 0 Å². The van der Waals surface area contributed by atoms with Crippen LogP contribution in [0.1, 0.15) is 51.9 Å². The van der Waals surface area contributed by atoms with Gasteiger partial charge in [0.15, 0.2) is 0 Å². The molecule has 1 heterocycles. The van der Waals surface area contributed by atoms with E-state index in [2.05, 4.69) is 6.92 Å². The summed E-state index contributed by atoms with van der Waals surface area (Å²) in [7, 11) is 3.21. The van der Waals surface area contributed by atoms with E-state index in [-0.39, 0.29) is 19.2 Å². The molecule has 7 heteroatoms. The average Bonchev–Trinajstić information content (AvgIpc) is 2.96. The minimum Gasteiger partial charge on any atom is -0.449 e. The first kappa shape index (κ1) is 20.5. The van der Waals surface area contributed by atoms with Gasteiger partial charge in [0.05, 0.1) is 25.8 Å². The first-order valence-corrected chi connectivity index (χ1v) is 8.91. The van der Waals surface area contributed by atoms with Crippen molar-refractivity contribution in [3.8, 4) is 0 Å². The van der Waals surface area contributed by atoms with Gasteiger partial charge in [0.1, 0.15) is 6.10 Å². The number of carbonyl (C=O) groups is 2. The topological polar surface area (TPSA) is 79.3 Å². The molecular weight excluding hydrogens is 312 g/mol. The quantitative estimate of drug-likeness (QED) is 0.651. The number of nitrogens with zero attached hydrogens (tertiary/aromatic N) is 2. The van der Waals surface area contributed by atoms with Gasteiger partial charge in [0, 0.05) is 20.5 Å². The van der Waals surface area contributed by atoms with Gasteiger partial charge in [-0.3, -0.25) is 4.90 Å². The molecule has 0 aromatic rings. The zero-order chi connectivity index (χ0) is 17.9. The van der Waals surface area contributed by atoms with Crippen LogP contribution in [0.15, 0.2) is 0 Å². The Hall–Kier alpha value is -1.50. The Kier molecular flexibility index (Phi) is 9.52. The molecule has 0 bridgehead atoms.